The van der Waals surface area contributed by atoms with Gasteiger partial charge in [0.1, 0.15) is 13.4 Å². The first-order chi connectivity index (χ1) is 21.0. The van der Waals surface area contributed by atoms with Crippen molar-refractivity contribution in [2.75, 3.05) is 13.9 Å². The van der Waals surface area contributed by atoms with E-state index in [2.05, 4.69) is 15.2 Å². The summed E-state index contributed by atoms with van der Waals surface area (Å²) in [5.41, 5.74) is 1.13. The van der Waals surface area contributed by atoms with Gasteiger partial charge in [0.2, 0.25) is 16.8 Å². The first-order valence-corrected chi connectivity index (χ1v) is 15.7. The van der Waals surface area contributed by atoms with Gasteiger partial charge in [-0.05, 0) is 55.7 Å². The van der Waals surface area contributed by atoms with Crippen molar-refractivity contribution in [3.63, 3.8) is 0 Å². The molecule has 1 unspecified atom stereocenters. The van der Waals surface area contributed by atoms with E-state index in [4.69, 9.17) is 23.5 Å². The number of nitrogens with zero attached hydrogens (tertiary/aromatic N) is 1. The number of rotatable bonds is 15. The van der Waals surface area contributed by atoms with Gasteiger partial charge in [-0.25, -0.2) is 17.9 Å². The zero-order chi connectivity index (χ0) is 31.7. The Kier molecular flexibility index (Phi) is 10.9. The van der Waals surface area contributed by atoms with Crippen molar-refractivity contribution in [1.82, 2.24) is 10.0 Å². The molecule has 1 aliphatic rings. The fraction of sp³-hybridized carbons (Fsp3) is 0.419. The minimum atomic E-state index is -4.16. The Balaban J connectivity index is 1.63. The van der Waals surface area contributed by atoms with E-state index in [-0.39, 0.29) is 30.3 Å². The highest BCUT2D eigenvalue weighted by molar-refractivity contribution is 7.89. The predicted octanol–water partition coefficient (Wildman–Crippen LogP) is 4.63. The summed E-state index contributed by atoms with van der Waals surface area (Å²) >= 11 is 0. The van der Waals surface area contributed by atoms with Crippen LogP contribution in [0.25, 0.3) is 0 Å². The average Bonchev–Trinajstić information content (AvgIpc) is 3.67. The lowest BCUT2D eigenvalue weighted by molar-refractivity contribution is 0.0732. The van der Waals surface area contributed by atoms with Crippen molar-refractivity contribution in [2.45, 2.75) is 69.5 Å². The van der Waals surface area contributed by atoms with E-state index in [0.29, 0.717) is 24.3 Å². The van der Waals surface area contributed by atoms with Crippen LogP contribution in [0.15, 0.2) is 81.6 Å². The number of hydrogen-bond donors (Lipinski definition) is 3. The van der Waals surface area contributed by atoms with Gasteiger partial charge in [-0.2, -0.15) is 0 Å². The molecule has 2 aromatic carbocycles. The van der Waals surface area contributed by atoms with E-state index < -0.39 is 39.7 Å². The molecule has 238 valence electrons. The summed E-state index contributed by atoms with van der Waals surface area (Å²) < 4.78 is 51.1. The summed E-state index contributed by atoms with van der Waals surface area (Å²) in [4.78, 5) is 17.7. The second-order valence-electron chi connectivity index (χ2n) is 11.4. The Morgan fingerprint density at radius 2 is 1.84 bits per heavy atom. The molecule has 1 amide bonds. The number of benzene rings is 2. The highest BCUT2D eigenvalue weighted by Gasteiger charge is 2.37. The number of hydrogen-bond acceptors (Lipinski definition) is 10. The average molecular weight is 630 g/mol. The van der Waals surface area contributed by atoms with Crippen LogP contribution in [0.4, 0.5) is 4.79 Å². The second kappa shape index (κ2) is 14.6. The van der Waals surface area contributed by atoms with Crippen LogP contribution < -0.4 is 24.2 Å². The predicted molar refractivity (Wildman–Crippen MR) is 162 cm³/mol. The van der Waals surface area contributed by atoms with E-state index in [1.165, 1.54) is 43.9 Å². The molecule has 0 fully saturated rings. The summed E-state index contributed by atoms with van der Waals surface area (Å²) in [6, 6.07) is 13.1. The smallest absolute Gasteiger partial charge is 0.413 e. The van der Waals surface area contributed by atoms with Gasteiger partial charge in [0.05, 0.1) is 35.1 Å². The van der Waals surface area contributed by atoms with E-state index in [1.807, 2.05) is 51.1 Å². The maximum Gasteiger partial charge on any atom is 0.413 e. The standard InChI is InChI=1S/C31H39N3O9S/c1-21(33-39-4)12-14-31(2,3)18-26(34-44(37,38)24-10-11-27-28(17-24)42-20-41-27)29(35)25(16-22-8-6-5-7-9-22)32-30(36)43-23-13-15-40-19-23/h5-11,13,15,17,19,25-26,29,34-35H,12,14,16,18,20H2,1-4H3,(H,32,36)/t25-,26?,29+/m0/s1. The molecule has 3 atom stereocenters. The Bertz CT molecular complexity index is 1510. The normalized spacial score (nSPS) is 15.3. The van der Waals surface area contributed by atoms with Gasteiger partial charge in [0, 0.05) is 12.1 Å². The third kappa shape index (κ3) is 9.21. The largest absolute Gasteiger partial charge is 0.469 e. The SMILES string of the molecule is CON=C(C)CCC(C)(C)CC(NS(=O)(=O)c1ccc2c(c1)OCO2)[C@H](O)[C@H](Cc1ccccc1)NC(=O)Oc1ccoc1. The molecule has 1 aromatic heterocycles. The number of oxime groups is 1. The number of carbonyl (C=O) groups is 1. The molecule has 0 bridgehead atoms. The topological polar surface area (TPSA) is 158 Å². The van der Waals surface area contributed by atoms with E-state index in [9.17, 15) is 18.3 Å². The van der Waals surface area contributed by atoms with Crippen LogP contribution in [-0.4, -0.2) is 57.4 Å². The number of nitrogens with one attached hydrogen (secondary N) is 2. The summed E-state index contributed by atoms with van der Waals surface area (Å²) in [6.07, 6.45) is 2.08. The monoisotopic (exact) mass is 629 g/mol. The molecule has 1 aliphatic heterocycles. The van der Waals surface area contributed by atoms with Gasteiger partial charge >= 0.3 is 6.09 Å². The van der Waals surface area contributed by atoms with Gasteiger partial charge in [-0.3, -0.25) is 0 Å². The molecular formula is C31H39N3O9S. The molecule has 3 N–H and O–H groups in total. The first-order valence-electron chi connectivity index (χ1n) is 14.2. The Morgan fingerprint density at radius 1 is 1.09 bits per heavy atom. The number of fused-ring (bicyclic) bond motifs is 1. The summed E-state index contributed by atoms with van der Waals surface area (Å²) in [5.74, 6) is 0.937. The lowest BCUT2D eigenvalue weighted by atomic mass is 9.78. The van der Waals surface area contributed by atoms with Crippen molar-refractivity contribution in [1.29, 1.82) is 0 Å². The van der Waals surface area contributed by atoms with Crippen molar-refractivity contribution >= 4 is 21.8 Å². The maximum absolute atomic E-state index is 13.7. The zero-order valence-corrected chi connectivity index (χ0v) is 26.0. The zero-order valence-electron chi connectivity index (χ0n) is 25.2. The van der Waals surface area contributed by atoms with E-state index in [1.54, 1.807) is 0 Å². The van der Waals surface area contributed by atoms with Gasteiger partial charge < -0.3 is 33.9 Å². The molecular weight excluding hydrogens is 590 g/mol. The van der Waals surface area contributed by atoms with Crippen molar-refractivity contribution in [2.24, 2.45) is 10.6 Å². The molecule has 2 heterocycles. The molecule has 3 aromatic rings. The molecule has 4 rings (SSSR count). The molecule has 0 saturated carbocycles. The Labute approximate surface area is 257 Å². The lowest BCUT2D eigenvalue weighted by Crippen LogP contribution is -2.56. The number of furan rings is 1. The van der Waals surface area contributed by atoms with Crippen LogP contribution in [0.2, 0.25) is 0 Å². The van der Waals surface area contributed by atoms with E-state index in [0.717, 1.165) is 11.3 Å². The number of aliphatic hydroxyl groups excluding tert-OH is 1. The quantitative estimate of drug-likeness (QED) is 0.161. The fourth-order valence-corrected chi connectivity index (χ4v) is 6.23. The third-order valence-electron chi connectivity index (χ3n) is 7.28. The Hall–Kier alpha value is -4.07. The number of amides is 1. The van der Waals surface area contributed by atoms with Crippen LogP contribution in [0.1, 0.15) is 45.6 Å². The highest BCUT2D eigenvalue weighted by atomic mass is 32.2. The second-order valence-corrected chi connectivity index (χ2v) is 13.1. The molecule has 0 aliphatic carbocycles. The molecule has 0 spiro atoms. The Morgan fingerprint density at radius 3 is 2.55 bits per heavy atom. The molecule has 44 heavy (non-hydrogen) atoms. The number of sulfonamides is 1. The summed E-state index contributed by atoms with van der Waals surface area (Å²) in [7, 11) is -2.68. The third-order valence-corrected chi connectivity index (χ3v) is 8.76. The molecule has 13 heteroatoms. The highest BCUT2D eigenvalue weighted by Crippen LogP contribution is 2.35. The van der Waals surface area contributed by atoms with Crippen molar-refractivity contribution < 1.29 is 41.8 Å². The van der Waals surface area contributed by atoms with E-state index >= 15 is 0 Å². The summed E-state index contributed by atoms with van der Waals surface area (Å²) in [6.45, 7) is 5.80. The number of carbonyl (C=O) groups excluding carboxylic acids is 1. The lowest BCUT2D eigenvalue weighted by Gasteiger charge is -2.36. The first kappa shape index (κ1) is 32.8. The van der Waals surface area contributed by atoms with Crippen LogP contribution in [0.3, 0.4) is 0 Å². The van der Waals surface area contributed by atoms with Gasteiger partial charge in [-0.15, -0.1) is 0 Å². The van der Waals surface area contributed by atoms with Gasteiger partial charge in [0.15, 0.2) is 17.2 Å². The number of aliphatic hydroxyl groups is 1. The van der Waals surface area contributed by atoms with Gasteiger partial charge in [-0.1, -0.05) is 49.3 Å². The minimum absolute atomic E-state index is 0.00463. The van der Waals surface area contributed by atoms with Gasteiger partial charge in [0.25, 0.3) is 0 Å². The molecule has 0 saturated heterocycles. The van der Waals surface area contributed by atoms with Crippen LogP contribution in [-0.2, 0) is 21.3 Å². The molecule has 12 nitrogen and oxygen atoms in total. The van der Waals surface area contributed by atoms with Crippen LogP contribution >= 0.6 is 0 Å². The van der Waals surface area contributed by atoms with Crippen molar-refractivity contribution in [3.8, 4) is 17.2 Å². The number of ether oxygens (including phenoxy) is 3. The van der Waals surface area contributed by atoms with Crippen LogP contribution in [0.5, 0.6) is 17.2 Å². The maximum atomic E-state index is 13.7. The van der Waals surface area contributed by atoms with Crippen LogP contribution in [0, 0.1) is 5.41 Å². The van der Waals surface area contributed by atoms with Crippen molar-refractivity contribution in [3.05, 3.63) is 72.7 Å². The minimum Gasteiger partial charge on any atom is -0.469 e. The fourth-order valence-electron chi connectivity index (χ4n) is 4.97. The summed E-state index contributed by atoms with van der Waals surface area (Å²) in [5, 5.41) is 18.6. The molecule has 0 radical (unpaired) electrons.